The van der Waals surface area contributed by atoms with Crippen LogP contribution in [-0.4, -0.2) is 57.4 Å². The molecule has 4 heterocycles. The van der Waals surface area contributed by atoms with E-state index in [1.54, 1.807) is 32.7 Å². The molecule has 2 aromatic heterocycles. The molecule has 0 aliphatic carbocycles. The molecule has 0 radical (unpaired) electrons. The zero-order valence-corrected chi connectivity index (χ0v) is 15.6. The Labute approximate surface area is 157 Å². The Balaban J connectivity index is 1.52. The van der Waals surface area contributed by atoms with Gasteiger partial charge < -0.3 is 9.64 Å². The number of hydrogen-bond acceptors (Lipinski definition) is 6. The minimum atomic E-state index is -2.55. The second-order valence-corrected chi connectivity index (χ2v) is 7.22. The third kappa shape index (κ3) is 3.47. The Morgan fingerprint density at radius 2 is 2.00 bits per heavy atom. The van der Waals surface area contributed by atoms with E-state index in [1.165, 1.54) is 4.68 Å². The van der Waals surface area contributed by atoms with Gasteiger partial charge in [-0.2, -0.15) is 5.10 Å². The van der Waals surface area contributed by atoms with E-state index in [0.29, 0.717) is 29.9 Å². The largest absolute Gasteiger partial charge is 0.478 e. The van der Waals surface area contributed by atoms with Crippen LogP contribution in [0.2, 0.25) is 0 Å². The number of aryl methyl sites for hydroxylation is 1. The van der Waals surface area contributed by atoms with Crippen molar-refractivity contribution in [2.24, 2.45) is 13.0 Å². The normalized spacial score (nSPS) is 23.1. The highest BCUT2D eigenvalue weighted by Crippen LogP contribution is 2.36. The number of hydrogen-bond donors (Lipinski definition) is 0. The molecule has 2 aliphatic heterocycles. The van der Waals surface area contributed by atoms with Crippen molar-refractivity contribution in [2.75, 3.05) is 31.6 Å². The Morgan fingerprint density at radius 3 is 2.78 bits per heavy atom. The molecule has 0 saturated carbocycles. The summed E-state index contributed by atoms with van der Waals surface area (Å²) in [6.07, 6.45) is 4.59. The van der Waals surface area contributed by atoms with Crippen LogP contribution in [0.4, 0.5) is 14.6 Å². The Hall–Kier alpha value is -2.29. The zero-order chi connectivity index (χ0) is 19.0. The molecule has 0 amide bonds. The van der Waals surface area contributed by atoms with Gasteiger partial charge in [-0.05, 0) is 25.3 Å². The van der Waals surface area contributed by atoms with Crippen molar-refractivity contribution in [3.8, 4) is 5.88 Å². The minimum Gasteiger partial charge on any atom is -0.478 e. The van der Waals surface area contributed by atoms with E-state index in [-0.39, 0.29) is 5.69 Å². The fourth-order valence-electron chi connectivity index (χ4n) is 4.37. The van der Waals surface area contributed by atoms with Crippen molar-refractivity contribution in [1.82, 2.24) is 24.6 Å². The predicted octanol–water partition coefficient (Wildman–Crippen LogP) is 2.26. The summed E-state index contributed by atoms with van der Waals surface area (Å²) in [5, 5.41) is 3.94. The number of nitrogens with zero attached hydrogens (tertiary/aromatic N) is 6. The fraction of sp³-hybridized carbons (Fsp3) is 0.611. The lowest BCUT2D eigenvalue weighted by Gasteiger charge is -2.39. The molecular weight excluding hydrogens is 354 g/mol. The van der Waals surface area contributed by atoms with Crippen molar-refractivity contribution in [3.05, 3.63) is 29.8 Å². The number of halogens is 2. The summed E-state index contributed by atoms with van der Waals surface area (Å²) >= 11 is 0. The van der Waals surface area contributed by atoms with Gasteiger partial charge in [0.2, 0.25) is 0 Å². The first-order valence-corrected chi connectivity index (χ1v) is 9.21. The summed E-state index contributed by atoms with van der Waals surface area (Å²) in [6, 6.07) is 0.302. The average Bonchev–Trinajstić information content (AvgIpc) is 3.25. The van der Waals surface area contributed by atoms with E-state index in [1.807, 2.05) is 0 Å². The number of rotatable bonds is 5. The average molecular weight is 378 g/mol. The highest BCUT2D eigenvalue weighted by atomic mass is 19.3. The van der Waals surface area contributed by atoms with Crippen LogP contribution in [0.5, 0.6) is 5.88 Å². The van der Waals surface area contributed by atoms with Crippen LogP contribution in [0.3, 0.4) is 0 Å². The molecule has 2 aromatic rings. The van der Waals surface area contributed by atoms with Gasteiger partial charge in [0, 0.05) is 56.9 Å². The molecule has 0 bridgehead atoms. The second-order valence-electron chi connectivity index (χ2n) is 7.22. The van der Waals surface area contributed by atoms with Crippen molar-refractivity contribution >= 4 is 5.82 Å². The molecule has 27 heavy (non-hydrogen) atoms. The van der Waals surface area contributed by atoms with Gasteiger partial charge in [-0.25, -0.2) is 18.7 Å². The summed E-state index contributed by atoms with van der Waals surface area (Å²) in [5.74, 6) is 1.85. The summed E-state index contributed by atoms with van der Waals surface area (Å²) in [4.78, 5) is 13.2. The first-order valence-electron chi connectivity index (χ1n) is 9.21. The minimum absolute atomic E-state index is 0.107. The lowest BCUT2D eigenvalue weighted by atomic mass is 9.92. The van der Waals surface area contributed by atoms with Crippen LogP contribution >= 0.6 is 0 Å². The van der Waals surface area contributed by atoms with Crippen LogP contribution < -0.4 is 9.64 Å². The topological polar surface area (TPSA) is 59.3 Å². The van der Waals surface area contributed by atoms with Crippen molar-refractivity contribution in [3.63, 3.8) is 0 Å². The van der Waals surface area contributed by atoms with Crippen LogP contribution in [-0.2, 0) is 13.6 Å². The Morgan fingerprint density at radius 1 is 1.22 bits per heavy atom. The number of ether oxygens (including phenoxy) is 1. The summed E-state index contributed by atoms with van der Waals surface area (Å²) < 4.78 is 33.4. The van der Waals surface area contributed by atoms with Gasteiger partial charge in [-0.1, -0.05) is 0 Å². The quantitative estimate of drug-likeness (QED) is 0.796. The Kier molecular flexibility index (Phi) is 4.94. The fourth-order valence-corrected chi connectivity index (χ4v) is 4.37. The molecule has 2 unspecified atom stereocenters. The zero-order valence-electron chi connectivity index (χ0n) is 15.6. The van der Waals surface area contributed by atoms with Gasteiger partial charge in [-0.3, -0.25) is 9.58 Å². The molecule has 2 saturated heterocycles. The third-order valence-electron chi connectivity index (χ3n) is 5.63. The maximum Gasteiger partial charge on any atom is 0.282 e. The van der Waals surface area contributed by atoms with E-state index in [4.69, 9.17) is 4.74 Å². The first-order chi connectivity index (χ1) is 13.1. The molecular formula is C18H24F2N6O. The van der Waals surface area contributed by atoms with Crippen LogP contribution in [0, 0.1) is 5.92 Å². The molecule has 0 aromatic carbocycles. The third-order valence-corrected chi connectivity index (χ3v) is 5.63. The van der Waals surface area contributed by atoms with E-state index in [2.05, 4.69) is 24.9 Å². The molecule has 2 atom stereocenters. The number of piperidine rings is 1. The number of alkyl halides is 2. The maximum absolute atomic E-state index is 13.3. The van der Waals surface area contributed by atoms with Crippen LogP contribution in [0.15, 0.2) is 18.6 Å². The molecule has 146 valence electrons. The van der Waals surface area contributed by atoms with Gasteiger partial charge in [0.05, 0.1) is 7.11 Å². The Bertz CT molecular complexity index is 798. The standard InChI is InChI=1S/C18H24F2N6O/c1-24-9-13(15(23-24)16(19)20)10-25-7-3-12-4-8-26(11-14(12)25)17-18(27-2)22-6-5-21-17/h5-6,9,12,14,16H,3-4,7-8,10-11H2,1-2H3. The number of likely N-dealkylation sites (tertiary alicyclic amines) is 1. The van der Waals surface area contributed by atoms with Crippen molar-refractivity contribution in [2.45, 2.75) is 31.9 Å². The lowest BCUT2D eigenvalue weighted by molar-refractivity contribution is 0.140. The van der Waals surface area contributed by atoms with E-state index < -0.39 is 6.43 Å². The van der Waals surface area contributed by atoms with E-state index in [9.17, 15) is 8.78 Å². The lowest BCUT2D eigenvalue weighted by Crippen LogP contribution is -2.48. The molecule has 9 heteroatoms. The van der Waals surface area contributed by atoms with Gasteiger partial charge in [-0.15, -0.1) is 0 Å². The summed E-state index contributed by atoms with van der Waals surface area (Å²) in [6.45, 7) is 3.11. The molecule has 0 N–H and O–H groups in total. The second kappa shape index (κ2) is 7.38. The van der Waals surface area contributed by atoms with Gasteiger partial charge in [0.15, 0.2) is 5.82 Å². The van der Waals surface area contributed by atoms with Gasteiger partial charge in [0.25, 0.3) is 12.3 Å². The molecule has 4 rings (SSSR count). The maximum atomic E-state index is 13.3. The molecule has 7 nitrogen and oxygen atoms in total. The molecule has 2 fully saturated rings. The van der Waals surface area contributed by atoms with Crippen molar-refractivity contribution < 1.29 is 13.5 Å². The summed E-state index contributed by atoms with van der Waals surface area (Å²) in [5.41, 5.74) is 0.506. The first kappa shape index (κ1) is 18.1. The van der Waals surface area contributed by atoms with Crippen LogP contribution in [0.1, 0.15) is 30.5 Å². The number of fused-ring (bicyclic) bond motifs is 1. The van der Waals surface area contributed by atoms with Crippen molar-refractivity contribution in [1.29, 1.82) is 0 Å². The number of methoxy groups -OCH3 is 1. The SMILES string of the molecule is COc1nccnc1N1CCC2CCN(Cc3cn(C)nc3C(F)F)C2C1. The predicted molar refractivity (Wildman–Crippen MR) is 95.9 cm³/mol. The monoisotopic (exact) mass is 378 g/mol. The molecule has 2 aliphatic rings. The highest BCUT2D eigenvalue weighted by molar-refractivity contribution is 5.48. The highest BCUT2D eigenvalue weighted by Gasteiger charge is 2.39. The van der Waals surface area contributed by atoms with E-state index >= 15 is 0 Å². The van der Waals surface area contributed by atoms with E-state index in [0.717, 1.165) is 38.3 Å². The molecule has 0 spiro atoms. The summed E-state index contributed by atoms with van der Waals surface area (Å²) in [7, 11) is 3.28. The van der Waals surface area contributed by atoms with Crippen LogP contribution in [0.25, 0.3) is 0 Å². The smallest absolute Gasteiger partial charge is 0.282 e. The van der Waals surface area contributed by atoms with Gasteiger partial charge in [0.1, 0.15) is 5.69 Å². The number of anilines is 1. The number of aromatic nitrogens is 4. The van der Waals surface area contributed by atoms with Gasteiger partial charge >= 0.3 is 0 Å².